The summed E-state index contributed by atoms with van der Waals surface area (Å²) in [5.74, 6) is 1.25. The van der Waals surface area contributed by atoms with Crippen LogP contribution in [0.4, 0.5) is 0 Å². The van der Waals surface area contributed by atoms with Crippen LogP contribution < -0.4 is 11.3 Å². The quantitative estimate of drug-likeness (QED) is 0.840. The molecule has 0 saturated heterocycles. The van der Waals surface area contributed by atoms with Gasteiger partial charge in [-0.15, -0.1) is 0 Å². The first-order valence-electron chi connectivity index (χ1n) is 6.82. The lowest BCUT2D eigenvalue weighted by molar-refractivity contribution is 0.286. The van der Waals surface area contributed by atoms with Gasteiger partial charge >= 0.3 is 0 Å². The van der Waals surface area contributed by atoms with Gasteiger partial charge in [-0.25, -0.2) is 4.98 Å². The van der Waals surface area contributed by atoms with Crippen molar-refractivity contribution < 1.29 is 0 Å². The number of aromatic amines is 1. The van der Waals surface area contributed by atoms with E-state index in [1.807, 2.05) is 0 Å². The van der Waals surface area contributed by atoms with Crippen molar-refractivity contribution >= 4 is 5.78 Å². The Bertz CT molecular complexity index is 651. The number of aromatic nitrogens is 4. The van der Waals surface area contributed by atoms with Crippen molar-refractivity contribution in [2.75, 3.05) is 6.54 Å². The number of H-pyrrole nitrogens is 1. The van der Waals surface area contributed by atoms with Gasteiger partial charge in [-0.1, -0.05) is 19.3 Å². The van der Waals surface area contributed by atoms with Crippen molar-refractivity contribution in [3.05, 3.63) is 27.9 Å². The topological polar surface area (TPSA) is 89.1 Å². The number of fused-ring (bicyclic) bond motifs is 1. The minimum absolute atomic E-state index is 0.119. The minimum Gasteiger partial charge on any atom is -0.329 e. The van der Waals surface area contributed by atoms with E-state index in [2.05, 4.69) is 15.1 Å². The molecule has 0 spiro atoms. The van der Waals surface area contributed by atoms with Crippen LogP contribution >= 0.6 is 0 Å². The van der Waals surface area contributed by atoms with E-state index >= 15 is 0 Å². The molecule has 6 nitrogen and oxygen atoms in total. The molecule has 1 saturated carbocycles. The predicted molar refractivity (Wildman–Crippen MR) is 72.2 cm³/mol. The van der Waals surface area contributed by atoms with Crippen molar-refractivity contribution in [1.29, 1.82) is 0 Å². The summed E-state index contributed by atoms with van der Waals surface area (Å²) in [4.78, 5) is 20.7. The smallest absolute Gasteiger partial charge is 0.274 e. The van der Waals surface area contributed by atoms with E-state index in [-0.39, 0.29) is 11.0 Å². The molecule has 2 heterocycles. The second-order valence-electron chi connectivity index (χ2n) is 5.49. The van der Waals surface area contributed by atoms with Crippen LogP contribution in [-0.4, -0.2) is 26.1 Å². The van der Waals surface area contributed by atoms with E-state index in [1.54, 1.807) is 6.92 Å². The molecular weight excluding hydrogens is 242 g/mol. The monoisotopic (exact) mass is 261 g/mol. The lowest BCUT2D eigenvalue weighted by Gasteiger charge is -2.33. The first kappa shape index (κ1) is 12.3. The average molecular weight is 261 g/mol. The SMILES string of the molecule is Cc1cc(=O)n2[nH]c(C3(CN)CCCCC3)nc2n1. The van der Waals surface area contributed by atoms with Gasteiger partial charge in [0.25, 0.3) is 11.3 Å². The number of nitrogens with two attached hydrogens (primary N) is 1. The molecule has 2 aromatic rings. The standard InChI is InChI=1S/C13H19N5O/c1-9-7-10(19)18-12(15-9)16-11(17-18)13(8-14)5-3-2-4-6-13/h7H,2-6,8,14H2,1H3,(H,15,16,17). The Morgan fingerprint density at radius 2 is 2.11 bits per heavy atom. The van der Waals surface area contributed by atoms with Crippen LogP contribution in [0.2, 0.25) is 0 Å². The normalized spacial score (nSPS) is 18.8. The summed E-state index contributed by atoms with van der Waals surface area (Å²) >= 11 is 0. The second-order valence-corrected chi connectivity index (χ2v) is 5.49. The summed E-state index contributed by atoms with van der Waals surface area (Å²) in [6.45, 7) is 2.36. The zero-order chi connectivity index (χ0) is 13.5. The molecule has 0 aromatic carbocycles. The first-order valence-corrected chi connectivity index (χ1v) is 6.82. The fourth-order valence-electron chi connectivity index (χ4n) is 3.00. The molecule has 0 radical (unpaired) electrons. The maximum atomic E-state index is 11.9. The molecule has 102 valence electrons. The molecule has 1 aliphatic rings. The largest absolute Gasteiger partial charge is 0.329 e. The number of nitrogens with one attached hydrogen (secondary N) is 1. The number of aryl methyl sites for hydroxylation is 1. The van der Waals surface area contributed by atoms with E-state index in [0.717, 1.165) is 31.5 Å². The third-order valence-corrected chi connectivity index (χ3v) is 4.16. The zero-order valence-corrected chi connectivity index (χ0v) is 11.1. The van der Waals surface area contributed by atoms with Gasteiger partial charge in [0.05, 0.1) is 0 Å². The number of hydrogen-bond donors (Lipinski definition) is 2. The Kier molecular flexibility index (Phi) is 2.89. The highest BCUT2D eigenvalue weighted by atomic mass is 16.1. The Balaban J connectivity index is 2.14. The fraction of sp³-hybridized carbons (Fsp3) is 0.615. The Hall–Kier alpha value is -1.69. The van der Waals surface area contributed by atoms with Gasteiger partial charge in [0.15, 0.2) is 0 Å². The summed E-state index contributed by atoms with van der Waals surface area (Å²) in [7, 11) is 0. The third kappa shape index (κ3) is 1.96. The van der Waals surface area contributed by atoms with Crippen LogP contribution in [0.25, 0.3) is 5.78 Å². The van der Waals surface area contributed by atoms with Gasteiger partial charge in [0.2, 0.25) is 0 Å². The van der Waals surface area contributed by atoms with Gasteiger partial charge in [-0.3, -0.25) is 9.89 Å². The lowest BCUT2D eigenvalue weighted by Crippen LogP contribution is -2.38. The van der Waals surface area contributed by atoms with Gasteiger partial charge in [0, 0.05) is 23.7 Å². The van der Waals surface area contributed by atoms with Gasteiger partial charge in [-0.05, 0) is 19.8 Å². The van der Waals surface area contributed by atoms with E-state index < -0.39 is 0 Å². The molecule has 0 atom stereocenters. The molecular formula is C13H19N5O. The summed E-state index contributed by atoms with van der Waals surface area (Å²) in [6.07, 6.45) is 5.62. The fourth-order valence-corrected chi connectivity index (χ4v) is 3.00. The summed E-state index contributed by atoms with van der Waals surface area (Å²) < 4.78 is 1.41. The van der Waals surface area contributed by atoms with Crippen molar-refractivity contribution in [3.8, 4) is 0 Å². The van der Waals surface area contributed by atoms with Crippen molar-refractivity contribution in [2.45, 2.75) is 44.4 Å². The van der Waals surface area contributed by atoms with Crippen LogP contribution in [-0.2, 0) is 5.41 Å². The third-order valence-electron chi connectivity index (χ3n) is 4.16. The van der Waals surface area contributed by atoms with Crippen molar-refractivity contribution in [1.82, 2.24) is 19.6 Å². The van der Waals surface area contributed by atoms with E-state index in [9.17, 15) is 4.79 Å². The molecule has 3 N–H and O–H groups in total. The van der Waals surface area contributed by atoms with Gasteiger partial charge in [-0.2, -0.15) is 9.50 Å². The molecule has 19 heavy (non-hydrogen) atoms. The molecule has 6 heteroatoms. The van der Waals surface area contributed by atoms with Crippen molar-refractivity contribution in [3.63, 3.8) is 0 Å². The van der Waals surface area contributed by atoms with E-state index in [4.69, 9.17) is 5.73 Å². The van der Waals surface area contributed by atoms with Crippen LogP contribution in [0.3, 0.4) is 0 Å². The van der Waals surface area contributed by atoms with Gasteiger partial charge < -0.3 is 5.73 Å². The molecule has 1 fully saturated rings. The van der Waals surface area contributed by atoms with Crippen LogP contribution in [0, 0.1) is 6.92 Å². The minimum atomic E-state index is -0.121. The molecule has 2 aromatic heterocycles. The van der Waals surface area contributed by atoms with E-state index in [0.29, 0.717) is 18.0 Å². The first-order chi connectivity index (χ1) is 9.14. The maximum Gasteiger partial charge on any atom is 0.274 e. The number of rotatable bonds is 2. The van der Waals surface area contributed by atoms with E-state index in [1.165, 1.54) is 17.0 Å². The second kappa shape index (κ2) is 4.45. The highest BCUT2D eigenvalue weighted by Crippen LogP contribution is 2.36. The van der Waals surface area contributed by atoms with Crippen molar-refractivity contribution in [2.24, 2.45) is 5.73 Å². The Morgan fingerprint density at radius 1 is 1.37 bits per heavy atom. The maximum absolute atomic E-state index is 11.9. The Labute approximate surface area is 111 Å². The van der Waals surface area contributed by atoms with Crippen LogP contribution in [0.15, 0.2) is 10.9 Å². The lowest BCUT2D eigenvalue weighted by atomic mass is 9.73. The highest BCUT2D eigenvalue weighted by molar-refractivity contribution is 5.30. The van der Waals surface area contributed by atoms with Crippen LogP contribution in [0.1, 0.15) is 43.6 Å². The molecule has 0 unspecified atom stereocenters. The Morgan fingerprint density at radius 3 is 2.79 bits per heavy atom. The molecule has 0 amide bonds. The summed E-state index contributed by atoms with van der Waals surface area (Å²) in [5, 5.41) is 3.10. The summed E-state index contributed by atoms with van der Waals surface area (Å²) in [5.41, 5.74) is 6.44. The summed E-state index contributed by atoms with van der Waals surface area (Å²) in [6, 6.07) is 1.50. The molecule has 0 aliphatic heterocycles. The molecule has 1 aliphatic carbocycles. The predicted octanol–water partition coefficient (Wildman–Crippen LogP) is 0.887. The van der Waals surface area contributed by atoms with Gasteiger partial charge in [0.1, 0.15) is 5.82 Å². The number of hydrogen-bond acceptors (Lipinski definition) is 4. The number of nitrogens with zero attached hydrogens (tertiary/aromatic N) is 3. The molecule has 3 rings (SSSR count). The highest BCUT2D eigenvalue weighted by Gasteiger charge is 2.35. The average Bonchev–Trinajstić information content (AvgIpc) is 2.84. The zero-order valence-electron chi connectivity index (χ0n) is 11.1. The molecule has 0 bridgehead atoms. The van der Waals surface area contributed by atoms with Crippen LogP contribution in [0.5, 0.6) is 0 Å².